The van der Waals surface area contributed by atoms with Crippen molar-refractivity contribution in [1.82, 2.24) is 29.5 Å². The number of aromatic nitrogens is 6. The Balaban J connectivity index is 1.60. The van der Waals surface area contributed by atoms with E-state index in [9.17, 15) is 4.79 Å². The number of amides is 1. The molecule has 0 aliphatic heterocycles. The molecule has 0 saturated carbocycles. The molecule has 1 aromatic carbocycles. The zero-order valence-corrected chi connectivity index (χ0v) is 19.3. The van der Waals surface area contributed by atoms with Gasteiger partial charge in [-0.3, -0.25) is 9.48 Å². The van der Waals surface area contributed by atoms with Crippen molar-refractivity contribution < 1.29 is 4.79 Å². The molecule has 0 bridgehead atoms. The SMILES string of the molecule is Cc1ccc(-c2cc(C(=O)Nc3cnc4c(c3)c(C)nn4C)c3cnn(C(C)C)c3n2)cc1. The molecule has 0 aliphatic carbocycles. The van der Waals surface area contributed by atoms with Gasteiger partial charge in [-0.15, -0.1) is 0 Å². The summed E-state index contributed by atoms with van der Waals surface area (Å²) in [6, 6.07) is 12.0. The fourth-order valence-electron chi connectivity index (χ4n) is 4.03. The number of aryl methyl sites for hydroxylation is 3. The lowest BCUT2D eigenvalue weighted by Gasteiger charge is -2.11. The van der Waals surface area contributed by atoms with E-state index in [1.54, 1.807) is 17.1 Å². The molecule has 0 spiro atoms. The van der Waals surface area contributed by atoms with Crippen molar-refractivity contribution in [3.05, 3.63) is 65.6 Å². The minimum Gasteiger partial charge on any atom is -0.321 e. The third kappa shape index (κ3) is 3.63. The summed E-state index contributed by atoms with van der Waals surface area (Å²) in [5.74, 6) is -0.234. The van der Waals surface area contributed by atoms with Crippen LogP contribution in [0.15, 0.2) is 48.8 Å². The van der Waals surface area contributed by atoms with E-state index in [0.29, 0.717) is 22.3 Å². The quantitative estimate of drug-likeness (QED) is 0.433. The lowest BCUT2D eigenvalue weighted by atomic mass is 10.0. The fraction of sp³-hybridized carbons (Fsp3) is 0.240. The molecule has 8 nitrogen and oxygen atoms in total. The number of hydrogen-bond donors (Lipinski definition) is 1. The van der Waals surface area contributed by atoms with Gasteiger partial charge < -0.3 is 5.32 Å². The average molecular weight is 440 g/mol. The van der Waals surface area contributed by atoms with Gasteiger partial charge >= 0.3 is 0 Å². The first kappa shape index (κ1) is 20.8. The van der Waals surface area contributed by atoms with Gasteiger partial charge in [0.05, 0.1) is 40.4 Å². The Kier molecular flexibility index (Phi) is 4.92. The molecule has 1 N–H and O–H groups in total. The maximum absolute atomic E-state index is 13.4. The van der Waals surface area contributed by atoms with Gasteiger partial charge in [-0.2, -0.15) is 10.2 Å². The summed E-state index contributed by atoms with van der Waals surface area (Å²) in [5.41, 5.74) is 6.29. The Morgan fingerprint density at radius 2 is 1.76 bits per heavy atom. The molecule has 0 unspecified atom stereocenters. The second kappa shape index (κ2) is 7.81. The second-order valence-electron chi connectivity index (χ2n) is 8.60. The fourth-order valence-corrected chi connectivity index (χ4v) is 4.03. The van der Waals surface area contributed by atoms with Crippen LogP contribution in [-0.4, -0.2) is 35.4 Å². The summed E-state index contributed by atoms with van der Waals surface area (Å²) >= 11 is 0. The normalized spacial score (nSPS) is 11.6. The van der Waals surface area contributed by atoms with Crippen molar-refractivity contribution in [1.29, 1.82) is 0 Å². The standard InChI is InChI=1S/C25H25N7O/c1-14(2)32-24-21(13-27-32)20(11-22(29-24)17-8-6-15(3)7-9-17)25(33)28-18-10-19-16(4)30-31(5)23(19)26-12-18/h6-14H,1-5H3,(H,28,33). The van der Waals surface area contributed by atoms with Gasteiger partial charge in [0.2, 0.25) is 0 Å². The molecule has 1 amide bonds. The van der Waals surface area contributed by atoms with Crippen LogP contribution in [0.1, 0.15) is 41.5 Å². The number of nitrogens with one attached hydrogen (secondary N) is 1. The maximum atomic E-state index is 13.4. The number of fused-ring (bicyclic) bond motifs is 2. The molecule has 0 aliphatic rings. The smallest absolute Gasteiger partial charge is 0.256 e. The van der Waals surface area contributed by atoms with Crippen LogP contribution in [-0.2, 0) is 7.05 Å². The van der Waals surface area contributed by atoms with Crippen LogP contribution in [0.4, 0.5) is 5.69 Å². The monoisotopic (exact) mass is 439 g/mol. The minimum absolute atomic E-state index is 0.111. The number of carbonyl (C=O) groups excluding carboxylic acids is 1. The number of anilines is 1. The van der Waals surface area contributed by atoms with Crippen LogP contribution >= 0.6 is 0 Å². The third-order valence-corrected chi connectivity index (χ3v) is 5.77. The predicted molar refractivity (Wildman–Crippen MR) is 129 cm³/mol. The molecule has 166 valence electrons. The highest BCUT2D eigenvalue weighted by Gasteiger charge is 2.19. The van der Waals surface area contributed by atoms with Crippen LogP contribution < -0.4 is 5.32 Å². The summed E-state index contributed by atoms with van der Waals surface area (Å²) in [6.45, 7) is 8.06. The van der Waals surface area contributed by atoms with E-state index in [0.717, 1.165) is 28.0 Å². The number of pyridine rings is 2. The summed E-state index contributed by atoms with van der Waals surface area (Å²) in [5, 5.41) is 13.5. The summed E-state index contributed by atoms with van der Waals surface area (Å²) in [4.78, 5) is 22.8. The van der Waals surface area contributed by atoms with Gasteiger partial charge in [-0.25, -0.2) is 14.6 Å². The van der Waals surface area contributed by atoms with Gasteiger partial charge in [0, 0.05) is 24.0 Å². The molecule has 0 radical (unpaired) electrons. The molecule has 5 rings (SSSR count). The number of carbonyl (C=O) groups is 1. The number of nitrogens with zero attached hydrogens (tertiary/aromatic N) is 6. The second-order valence-corrected chi connectivity index (χ2v) is 8.60. The number of benzene rings is 1. The van der Waals surface area contributed by atoms with E-state index in [-0.39, 0.29) is 11.9 Å². The van der Waals surface area contributed by atoms with E-state index < -0.39 is 0 Å². The molecule has 33 heavy (non-hydrogen) atoms. The molecule has 0 fully saturated rings. The summed E-state index contributed by atoms with van der Waals surface area (Å²) in [7, 11) is 1.85. The van der Waals surface area contributed by atoms with Gasteiger partial charge in [0.15, 0.2) is 11.3 Å². The van der Waals surface area contributed by atoms with Crippen molar-refractivity contribution >= 4 is 33.7 Å². The third-order valence-electron chi connectivity index (χ3n) is 5.77. The molecule has 4 aromatic heterocycles. The van der Waals surface area contributed by atoms with E-state index in [2.05, 4.69) is 20.5 Å². The minimum atomic E-state index is -0.234. The van der Waals surface area contributed by atoms with Crippen molar-refractivity contribution in [2.45, 2.75) is 33.7 Å². The molecule has 4 heterocycles. The van der Waals surface area contributed by atoms with Crippen molar-refractivity contribution in [2.75, 3.05) is 5.32 Å². The van der Waals surface area contributed by atoms with Crippen LogP contribution in [0.2, 0.25) is 0 Å². The number of rotatable bonds is 4. The summed E-state index contributed by atoms with van der Waals surface area (Å²) in [6.07, 6.45) is 3.36. The van der Waals surface area contributed by atoms with Crippen LogP contribution in [0.5, 0.6) is 0 Å². The van der Waals surface area contributed by atoms with Crippen LogP contribution in [0.3, 0.4) is 0 Å². The Labute approximate surface area is 191 Å². The molecule has 0 saturated heterocycles. The molecular formula is C25H25N7O. The Hall–Kier alpha value is -4.07. The van der Waals surface area contributed by atoms with Gasteiger partial charge in [-0.1, -0.05) is 29.8 Å². The Bertz CT molecular complexity index is 1510. The van der Waals surface area contributed by atoms with E-state index in [1.807, 2.05) is 75.8 Å². The Morgan fingerprint density at radius 1 is 1.00 bits per heavy atom. The van der Waals surface area contributed by atoms with Crippen LogP contribution in [0, 0.1) is 13.8 Å². The van der Waals surface area contributed by atoms with Gasteiger partial charge in [-0.05, 0) is 39.8 Å². The molecule has 5 aromatic rings. The predicted octanol–water partition coefficient (Wildman–Crippen LogP) is 4.83. The van der Waals surface area contributed by atoms with E-state index in [4.69, 9.17) is 4.98 Å². The van der Waals surface area contributed by atoms with Crippen molar-refractivity contribution in [2.24, 2.45) is 7.05 Å². The van der Waals surface area contributed by atoms with E-state index >= 15 is 0 Å². The first-order chi connectivity index (χ1) is 15.8. The van der Waals surface area contributed by atoms with Gasteiger partial charge in [0.25, 0.3) is 5.91 Å². The molecular weight excluding hydrogens is 414 g/mol. The van der Waals surface area contributed by atoms with Crippen molar-refractivity contribution in [3.8, 4) is 11.3 Å². The lowest BCUT2D eigenvalue weighted by Crippen LogP contribution is -2.13. The lowest BCUT2D eigenvalue weighted by molar-refractivity contribution is 0.102. The molecule has 0 atom stereocenters. The molecule has 8 heteroatoms. The first-order valence-corrected chi connectivity index (χ1v) is 10.9. The largest absolute Gasteiger partial charge is 0.321 e. The maximum Gasteiger partial charge on any atom is 0.256 e. The highest BCUT2D eigenvalue weighted by atomic mass is 16.1. The zero-order valence-electron chi connectivity index (χ0n) is 19.3. The highest BCUT2D eigenvalue weighted by Crippen LogP contribution is 2.28. The average Bonchev–Trinajstić information content (AvgIpc) is 3.34. The van der Waals surface area contributed by atoms with Crippen molar-refractivity contribution in [3.63, 3.8) is 0 Å². The number of hydrogen-bond acceptors (Lipinski definition) is 5. The Morgan fingerprint density at radius 3 is 2.48 bits per heavy atom. The van der Waals surface area contributed by atoms with Gasteiger partial charge in [0.1, 0.15) is 0 Å². The van der Waals surface area contributed by atoms with Crippen LogP contribution in [0.25, 0.3) is 33.3 Å². The summed E-state index contributed by atoms with van der Waals surface area (Å²) < 4.78 is 3.58. The first-order valence-electron chi connectivity index (χ1n) is 10.9. The topological polar surface area (TPSA) is 90.5 Å². The highest BCUT2D eigenvalue weighted by molar-refractivity contribution is 6.13. The zero-order chi connectivity index (χ0) is 23.3. The van der Waals surface area contributed by atoms with E-state index in [1.165, 1.54) is 5.56 Å².